The standard InChI is InChI=1S/C14H25N3O2/c1-10(2)14-16-12(9-13(17-14)18-5)15-7-6-8-19-11(3)4/h9-11H,6-8H2,1-5H3,(H,15,16,17). The molecular formula is C14H25N3O2. The topological polar surface area (TPSA) is 56.3 Å². The number of aromatic nitrogens is 2. The van der Waals surface area contributed by atoms with Gasteiger partial charge in [-0.1, -0.05) is 13.8 Å². The molecule has 0 amide bonds. The van der Waals surface area contributed by atoms with Crippen molar-refractivity contribution in [3.8, 4) is 5.88 Å². The van der Waals surface area contributed by atoms with Crippen LogP contribution in [0.1, 0.15) is 45.9 Å². The number of rotatable bonds is 8. The van der Waals surface area contributed by atoms with Gasteiger partial charge in [-0.25, -0.2) is 4.98 Å². The van der Waals surface area contributed by atoms with E-state index < -0.39 is 0 Å². The molecule has 1 rings (SSSR count). The third kappa shape index (κ3) is 5.87. The number of nitrogens with zero attached hydrogens (tertiary/aromatic N) is 2. The van der Waals surface area contributed by atoms with Gasteiger partial charge in [0.2, 0.25) is 5.88 Å². The molecule has 1 aromatic heterocycles. The van der Waals surface area contributed by atoms with Crippen molar-refractivity contribution in [1.82, 2.24) is 9.97 Å². The van der Waals surface area contributed by atoms with E-state index in [-0.39, 0.29) is 12.0 Å². The number of methoxy groups -OCH3 is 1. The Morgan fingerprint density at radius 1 is 1.21 bits per heavy atom. The van der Waals surface area contributed by atoms with Gasteiger partial charge in [-0.05, 0) is 20.3 Å². The van der Waals surface area contributed by atoms with Crippen LogP contribution in [0.3, 0.4) is 0 Å². The SMILES string of the molecule is COc1cc(NCCCOC(C)C)nc(C(C)C)n1. The number of hydrogen-bond acceptors (Lipinski definition) is 5. The van der Waals surface area contributed by atoms with Crippen LogP contribution >= 0.6 is 0 Å². The molecule has 0 aliphatic rings. The smallest absolute Gasteiger partial charge is 0.218 e. The van der Waals surface area contributed by atoms with Crippen molar-refractivity contribution in [2.24, 2.45) is 0 Å². The van der Waals surface area contributed by atoms with E-state index in [4.69, 9.17) is 9.47 Å². The van der Waals surface area contributed by atoms with E-state index in [2.05, 4.69) is 29.1 Å². The van der Waals surface area contributed by atoms with E-state index in [9.17, 15) is 0 Å². The van der Waals surface area contributed by atoms with Crippen LogP contribution in [-0.2, 0) is 4.74 Å². The molecule has 0 fully saturated rings. The second kappa shape index (κ2) is 7.94. The van der Waals surface area contributed by atoms with E-state index in [1.807, 2.05) is 19.9 Å². The highest BCUT2D eigenvalue weighted by Gasteiger charge is 2.08. The predicted molar refractivity (Wildman–Crippen MR) is 76.9 cm³/mol. The molecule has 0 saturated heterocycles. The van der Waals surface area contributed by atoms with Crippen molar-refractivity contribution >= 4 is 5.82 Å². The lowest BCUT2D eigenvalue weighted by atomic mass is 10.2. The van der Waals surface area contributed by atoms with Crippen LogP contribution in [0.5, 0.6) is 5.88 Å². The summed E-state index contributed by atoms with van der Waals surface area (Å²) >= 11 is 0. The lowest BCUT2D eigenvalue weighted by Crippen LogP contribution is -2.11. The minimum atomic E-state index is 0.278. The van der Waals surface area contributed by atoms with Gasteiger partial charge in [0, 0.05) is 25.1 Å². The molecule has 5 heteroatoms. The summed E-state index contributed by atoms with van der Waals surface area (Å²) in [5.74, 6) is 2.47. The molecule has 0 spiro atoms. The molecular weight excluding hydrogens is 242 g/mol. The van der Waals surface area contributed by atoms with Crippen molar-refractivity contribution < 1.29 is 9.47 Å². The van der Waals surface area contributed by atoms with Gasteiger partial charge < -0.3 is 14.8 Å². The molecule has 0 aromatic carbocycles. The van der Waals surface area contributed by atoms with Gasteiger partial charge in [0.15, 0.2) is 0 Å². The van der Waals surface area contributed by atoms with Gasteiger partial charge in [-0.15, -0.1) is 0 Å². The van der Waals surface area contributed by atoms with Gasteiger partial charge in [-0.3, -0.25) is 0 Å². The highest BCUT2D eigenvalue weighted by molar-refractivity contribution is 5.38. The third-order valence-electron chi connectivity index (χ3n) is 2.52. The van der Waals surface area contributed by atoms with Gasteiger partial charge in [-0.2, -0.15) is 4.98 Å². The second-order valence-electron chi connectivity index (χ2n) is 5.01. The summed E-state index contributed by atoms with van der Waals surface area (Å²) in [5, 5.41) is 3.28. The molecule has 0 radical (unpaired) electrons. The first-order chi connectivity index (χ1) is 9.02. The van der Waals surface area contributed by atoms with Crippen molar-refractivity contribution in [2.75, 3.05) is 25.6 Å². The van der Waals surface area contributed by atoms with Crippen molar-refractivity contribution in [3.05, 3.63) is 11.9 Å². The lowest BCUT2D eigenvalue weighted by Gasteiger charge is -2.11. The van der Waals surface area contributed by atoms with Crippen LogP contribution in [0, 0.1) is 0 Å². The highest BCUT2D eigenvalue weighted by Crippen LogP contribution is 2.18. The van der Waals surface area contributed by atoms with E-state index in [0.29, 0.717) is 5.88 Å². The van der Waals surface area contributed by atoms with Crippen LogP contribution in [0.25, 0.3) is 0 Å². The average molecular weight is 267 g/mol. The molecule has 0 saturated carbocycles. The summed E-state index contributed by atoms with van der Waals surface area (Å²) in [6.07, 6.45) is 1.23. The van der Waals surface area contributed by atoms with Crippen LogP contribution in [-0.4, -0.2) is 36.3 Å². The Morgan fingerprint density at radius 2 is 1.95 bits per heavy atom. The molecule has 0 aliphatic heterocycles. The summed E-state index contributed by atoms with van der Waals surface area (Å²) in [6, 6.07) is 1.81. The predicted octanol–water partition coefficient (Wildman–Crippen LogP) is 2.84. The summed E-state index contributed by atoms with van der Waals surface area (Å²) in [7, 11) is 1.62. The maximum absolute atomic E-state index is 5.49. The number of hydrogen-bond donors (Lipinski definition) is 1. The maximum Gasteiger partial charge on any atom is 0.218 e. The zero-order valence-electron chi connectivity index (χ0n) is 12.6. The molecule has 1 heterocycles. The van der Waals surface area contributed by atoms with Crippen LogP contribution in [0.4, 0.5) is 5.82 Å². The van der Waals surface area contributed by atoms with E-state index in [1.165, 1.54) is 0 Å². The van der Waals surface area contributed by atoms with E-state index in [0.717, 1.165) is 31.2 Å². The fourth-order valence-electron chi connectivity index (χ4n) is 1.50. The van der Waals surface area contributed by atoms with E-state index >= 15 is 0 Å². The third-order valence-corrected chi connectivity index (χ3v) is 2.52. The molecule has 19 heavy (non-hydrogen) atoms. The highest BCUT2D eigenvalue weighted by atomic mass is 16.5. The quantitative estimate of drug-likeness (QED) is 0.734. The number of anilines is 1. The largest absolute Gasteiger partial charge is 0.481 e. The number of ether oxygens (including phenoxy) is 2. The second-order valence-corrected chi connectivity index (χ2v) is 5.01. The maximum atomic E-state index is 5.49. The first-order valence-electron chi connectivity index (χ1n) is 6.81. The Morgan fingerprint density at radius 3 is 2.53 bits per heavy atom. The molecule has 0 unspecified atom stereocenters. The molecule has 0 bridgehead atoms. The molecule has 108 valence electrons. The molecule has 1 aromatic rings. The van der Waals surface area contributed by atoms with Gasteiger partial charge in [0.25, 0.3) is 0 Å². The first kappa shape index (κ1) is 15.7. The summed E-state index contributed by atoms with van der Waals surface area (Å²) in [5.41, 5.74) is 0. The first-order valence-corrected chi connectivity index (χ1v) is 6.81. The zero-order valence-corrected chi connectivity index (χ0v) is 12.6. The van der Waals surface area contributed by atoms with Crippen molar-refractivity contribution in [1.29, 1.82) is 0 Å². The van der Waals surface area contributed by atoms with Gasteiger partial charge >= 0.3 is 0 Å². The molecule has 0 atom stereocenters. The Balaban J connectivity index is 2.50. The van der Waals surface area contributed by atoms with Crippen molar-refractivity contribution in [2.45, 2.75) is 46.1 Å². The normalized spacial score (nSPS) is 11.1. The van der Waals surface area contributed by atoms with Crippen LogP contribution in [0.2, 0.25) is 0 Å². The van der Waals surface area contributed by atoms with E-state index in [1.54, 1.807) is 7.11 Å². The molecule has 1 N–H and O–H groups in total. The minimum absolute atomic E-state index is 0.278. The Kier molecular flexibility index (Phi) is 6.56. The van der Waals surface area contributed by atoms with Gasteiger partial charge in [0.1, 0.15) is 11.6 Å². The summed E-state index contributed by atoms with van der Waals surface area (Å²) in [6.45, 7) is 9.79. The summed E-state index contributed by atoms with van der Waals surface area (Å²) < 4.78 is 10.7. The fourth-order valence-corrected chi connectivity index (χ4v) is 1.50. The average Bonchev–Trinajstić information content (AvgIpc) is 2.37. The van der Waals surface area contributed by atoms with Crippen molar-refractivity contribution in [3.63, 3.8) is 0 Å². The van der Waals surface area contributed by atoms with Crippen LogP contribution in [0.15, 0.2) is 6.07 Å². The Hall–Kier alpha value is -1.36. The Labute approximate surface area is 115 Å². The molecule has 0 aliphatic carbocycles. The molecule has 5 nitrogen and oxygen atoms in total. The summed E-state index contributed by atoms with van der Waals surface area (Å²) in [4.78, 5) is 8.79. The van der Waals surface area contributed by atoms with Crippen LogP contribution < -0.4 is 10.1 Å². The monoisotopic (exact) mass is 267 g/mol. The van der Waals surface area contributed by atoms with Gasteiger partial charge in [0.05, 0.1) is 13.2 Å². The zero-order chi connectivity index (χ0) is 14.3. The number of nitrogens with one attached hydrogen (secondary N) is 1. The minimum Gasteiger partial charge on any atom is -0.481 e. The fraction of sp³-hybridized carbons (Fsp3) is 0.714. The Bertz CT molecular complexity index is 381. The lowest BCUT2D eigenvalue weighted by molar-refractivity contribution is 0.0787.